The van der Waals surface area contributed by atoms with E-state index in [1.807, 2.05) is 13.8 Å². The molecule has 0 fully saturated rings. The molecule has 0 saturated heterocycles. The summed E-state index contributed by atoms with van der Waals surface area (Å²) in [6, 6.07) is 5.19. The number of ether oxygens (including phenoxy) is 3. The molecule has 0 radical (unpaired) electrons. The molecule has 0 saturated carbocycles. The van der Waals surface area contributed by atoms with E-state index in [4.69, 9.17) is 14.2 Å². The average molecular weight is 360 g/mol. The van der Waals surface area contributed by atoms with Crippen molar-refractivity contribution < 1.29 is 23.8 Å². The summed E-state index contributed by atoms with van der Waals surface area (Å²) in [6.07, 6.45) is 0. The van der Waals surface area contributed by atoms with Crippen molar-refractivity contribution in [3.63, 3.8) is 0 Å². The van der Waals surface area contributed by atoms with Crippen molar-refractivity contribution in [2.75, 3.05) is 25.6 Å². The zero-order valence-corrected chi connectivity index (χ0v) is 15.7. The van der Waals surface area contributed by atoms with Crippen molar-refractivity contribution in [2.45, 2.75) is 27.7 Å². The molecule has 0 aliphatic heterocycles. The first kappa shape index (κ1) is 19.4. The van der Waals surface area contributed by atoms with Crippen LogP contribution in [0.2, 0.25) is 0 Å². The topological polar surface area (TPSA) is 89.7 Å². The van der Waals surface area contributed by atoms with E-state index in [2.05, 4.69) is 10.3 Å². The SMILES string of the molecule is CCOc1ccc(NC(=O)c2[nH]c(C)c(C(=O)OC)c2C)cc1OCC. The Morgan fingerprint density at radius 1 is 1.08 bits per heavy atom. The first-order chi connectivity index (χ1) is 12.4. The van der Waals surface area contributed by atoms with E-state index in [1.165, 1.54) is 7.11 Å². The third-order valence-electron chi connectivity index (χ3n) is 3.86. The van der Waals surface area contributed by atoms with Crippen LogP contribution in [0.25, 0.3) is 0 Å². The second-order valence-electron chi connectivity index (χ2n) is 5.60. The minimum atomic E-state index is -0.477. The van der Waals surface area contributed by atoms with Gasteiger partial charge in [0.15, 0.2) is 11.5 Å². The van der Waals surface area contributed by atoms with Gasteiger partial charge in [-0.3, -0.25) is 4.79 Å². The minimum Gasteiger partial charge on any atom is -0.490 e. The van der Waals surface area contributed by atoms with Crippen LogP contribution < -0.4 is 14.8 Å². The Labute approximate surface area is 152 Å². The molecule has 0 spiro atoms. The molecule has 2 N–H and O–H groups in total. The highest BCUT2D eigenvalue weighted by Crippen LogP contribution is 2.31. The molecule has 0 aliphatic rings. The van der Waals surface area contributed by atoms with Crippen molar-refractivity contribution in [3.05, 3.63) is 40.7 Å². The lowest BCUT2D eigenvalue weighted by molar-refractivity contribution is 0.0599. The molecular weight excluding hydrogens is 336 g/mol. The monoisotopic (exact) mass is 360 g/mol. The number of esters is 1. The third-order valence-corrected chi connectivity index (χ3v) is 3.86. The lowest BCUT2D eigenvalue weighted by atomic mass is 10.1. The van der Waals surface area contributed by atoms with Gasteiger partial charge in [-0.25, -0.2) is 4.79 Å². The number of methoxy groups -OCH3 is 1. The Balaban J connectivity index is 2.27. The number of aromatic amines is 1. The molecule has 0 bridgehead atoms. The summed E-state index contributed by atoms with van der Waals surface area (Å²) in [5, 5.41) is 2.81. The normalized spacial score (nSPS) is 10.3. The highest BCUT2D eigenvalue weighted by atomic mass is 16.5. The molecule has 0 unspecified atom stereocenters. The number of carbonyl (C=O) groups is 2. The van der Waals surface area contributed by atoms with Crippen LogP contribution in [0.3, 0.4) is 0 Å². The van der Waals surface area contributed by atoms with Crippen LogP contribution in [0.15, 0.2) is 18.2 Å². The first-order valence-electron chi connectivity index (χ1n) is 8.41. The van der Waals surface area contributed by atoms with E-state index >= 15 is 0 Å². The molecule has 2 rings (SSSR count). The van der Waals surface area contributed by atoms with Crippen molar-refractivity contribution in [2.24, 2.45) is 0 Å². The van der Waals surface area contributed by atoms with Gasteiger partial charge in [-0.15, -0.1) is 0 Å². The molecule has 0 atom stereocenters. The lowest BCUT2D eigenvalue weighted by Gasteiger charge is -2.13. The number of amides is 1. The smallest absolute Gasteiger partial charge is 0.339 e. The largest absolute Gasteiger partial charge is 0.490 e. The van der Waals surface area contributed by atoms with Gasteiger partial charge in [0.2, 0.25) is 0 Å². The van der Waals surface area contributed by atoms with Crippen LogP contribution >= 0.6 is 0 Å². The Morgan fingerprint density at radius 3 is 2.35 bits per heavy atom. The van der Waals surface area contributed by atoms with E-state index in [1.54, 1.807) is 32.0 Å². The van der Waals surface area contributed by atoms with E-state index in [-0.39, 0.29) is 5.91 Å². The molecule has 7 heteroatoms. The van der Waals surface area contributed by atoms with Gasteiger partial charge < -0.3 is 24.5 Å². The van der Waals surface area contributed by atoms with Gasteiger partial charge in [0, 0.05) is 17.4 Å². The zero-order chi connectivity index (χ0) is 19.3. The van der Waals surface area contributed by atoms with Gasteiger partial charge in [0.1, 0.15) is 5.69 Å². The molecule has 1 amide bonds. The molecule has 1 aromatic heterocycles. The summed E-state index contributed by atoms with van der Waals surface area (Å²) >= 11 is 0. The summed E-state index contributed by atoms with van der Waals surface area (Å²) < 4.78 is 15.8. The van der Waals surface area contributed by atoms with Crippen LogP contribution in [-0.2, 0) is 4.74 Å². The number of carbonyl (C=O) groups excluding carboxylic acids is 2. The third kappa shape index (κ3) is 3.99. The zero-order valence-electron chi connectivity index (χ0n) is 15.7. The first-order valence-corrected chi connectivity index (χ1v) is 8.41. The number of rotatable bonds is 7. The molecular formula is C19H24N2O5. The minimum absolute atomic E-state index is 0.315. The Bertz CT molecular complexity index is 811. The van der Waals surface area contributed by atoms with Crippen LogP contribution in [0.4, 0.5) is 5.69 Å². The number of H-pyrrole nitrogens is 1. The summed E-state index contributed by atoms with van der Waals surface area (Å²) in [4.78, 5) is 27.4. The molecule has 7 nitrogen and oxygen atoms in total. The van der Waals surface area contributed by atoms with Crippen molar-refractivity contribution in [1.29, 1.82) is 0 Å². The number of anilines is 1. The summed E-state index contributed by atoms with van der Waals surface area (Å²) in [6.45, 7) is 8.19. The fourth-order valence-electron chi connectivity index (χ4n) is 2.71. The fraction of sp³-hybridized carbons (Fsp3) is 0.368. The van der Waals surface area contributed by atoms with Gasteiger partial charge in [0.05, 0.1) is 25.9 Å². The number of benzene rings is 1. The van der Waals surface area contributed by atoms with Crippen LogP contribution in [0.1, 0.15) is 46.0 Å². The van der Waals surface area contributed by atoms with Crippen molar-refractivity contribution in [3.8, 4) is 11.5 Å². The molecule has 26 heavy (non-hydrogen) atoms. The Morgan fingerprint density at radius 2 is 1.73 bits per heavy atom. The van der Waals surface area contributed by atoms with E-state index < -0.39 is 5.97 Å². The van der Waals surface area contributed by atoms with Gasteiger partial charge >= 0.3 is 5.97 Å². The van der Waals surface area contributed by atoms with Crippen LogP contribution in [-0.4, -0.2) is 37.2 Å². The second-order valence-corrected chi connectivity index (χ2v) is 5.60. The summed E-state index contributed by atoms with van der Waals surface area (Å²) in [5.74, 6) is 0.344. The summed E-state index contributed by atoms with van der Waals surface area (Å²) in [5.41, 5.74) is 2.38. The molecule has 1 aromatic carbocycles. The number of aryl methyl sites for hydroxylation is 1. The van der Waals surface area contributed by atoms with Gasteiger partial charge in [-0.1, -0.05) is 0 Å². The number of aromatic nitrogens is 1. The fourth-order valence-corrected chi connectivity index (χ4v) is 2.71. The Hall–Kier alpha value is -2.96. The maximum absolute atomic E-state index is 12.6. The number of nitrogens with one attached hydrogen (secondary N) is 2. The Kier molecular flexibility index (Phi) is 6.27. The predicted molar refractivity (Wildman–Crippen MR) is 98.3 cm³/mol. The molecule has 1 heterocycles. The van der Waals surface area contributed by atoms with Crippen molar-refractivity contribution in [1.82, 2.24) is 4.98 Å². The van der Waals surface area contributed by atoms with E-state index in [9.17, 15) is 9.59 Å². The maximum Gasteiger partial charge on any atom is 0.339 e. The highest BCUT2D eigenvalue weighted by Gasteiger charge is 2.22. The van der Waals surface area contributed by atoms with Gasteiger partial charge in [0.25, 0.3) is 5.91 Å². The standard InChI is InChI=1S/C19H24N2O5/c1-6-25-14-9-8-13(10-15(14)26-7-2)21-18(22)17-11(3)16(12(4)20-17)19(23)24-5/h8-10,20H,6-7H2,1-5H3,(H,21,22). The number of hydrogen-bond acceptors (Lipinski definition) is 5. The van der Waals surface area contributed by atoms with Crippen LogP contribution in [0, 0.1) is 13.8 Å². The lowest BCUT2D eigenvalue weighted by Crippen LogP contribution is -2.14. The quantitative estimate of drug-likeness (QED) is 0.738. The van der Waals surface area contributed by atoms with Gasteiger partial charge in [-0.2, -0.15) is 0 Å². The highest BCUT2D eigenvalue weighted by molar-refractivity contribution is 6.06. The predicted octanol–water partition coefficient (Wildman–Crippen LogP) is 3.47. The van der Waals surface area contributed by atoms with Gasteiger partial charge in [-0.05, 0) is 45.4 Å². The van der Waals surface area contributed by atoms with Crippen molar-refractivity contribution >= 4 is 17.6 Å². The second kappa shape index (κ2) is 8.42. The molecule has 140 valence electrons. The maximum atomic E-state index is 12.6. The van der Waals surface area contributed by atoms with Crippen LogP contribution in [0.5, 0.6) is 11.5 Å². The summed E-state index contributed by atoms with van der Waals surface area (Å²) in [7, 11) is 1.31. The molecule has 2 aromatic rings. The van der Waals surface area contributed by atoms with E-state index in [0.717, 1.165) is 0 Å². The molecule has 0 aliphatic carbocycles. The van der Waals surface area contributed by atoms with E-state index in [0.29, 0.717) is 52.9 Å². The average Bonchev–Trinajstić information content (AvgIpc) is 2.91. The number of hydrogen-bond donors (Lipinski definition) is 2.